The highest BCUT2D eigenvalue weighted by atomic mass is 35.5. The molecule has 84 valence electrons. The van der Waals surface area contributed by atoms with Gasteiger partial charge in [0.1, 0.15) is 11.6 Å². The van der Waals surface area contributed by atoms with Gasteiger partial charge in [-0.15, -0.1) is 0 Å². The Bertz CT molecular complexity index is 522. The Hall–Kier alpha value is -1.55. The second-order valence-corrected chi connectivity index (χ2v) is 3.85. The van der Waals surface area contributed by atoms with Crippen LogP contribution in [0.1, 0.15) is 12.5 Å². The molecule has 0 saturated heterocycles. The molecule has 5 heteroatoms. The van der Waals surface area contributed by atoms with Crippen LogP contribution in [0.15, 0.2) is 18.2 Å². The normalized spacial score (nSPS) is 10.7. The van der Waals surface area contributed by atoms with Crippen LogP contribution >= 0.6 is 11.6 Å². The smallest absolute Gasteiger partial charge is 0.149 e. The maximum atomic E-state index is 13.0. The molecule has 0 spiro atoms. The molecular weight excluding hydrogens is 229 g/mol. The first-order chi connectivity index (χ1) is 7.63. The van der Waals surface area contributed by atoms with Crippen LogP contribution in [0.25, 0.3) is 11.3 Å². The lowest BCUT2D eigenvalue weighted by Gasteiger charge is -2.02. The van der Waals surface area contributed by atoms with Gasteiger partial charge in [0.2, 0.25) is 0 Å². The van der Waals surface area contributed by atoms with E-state index in [2.05, 4.69) is 10.2 Å². The fourth-order valence-electron chi connectivity index (χ4n) is 1.63. The van der Waals surface area contributed by atoms with E-state index in [1.54, 1.807) is 12.1 Å². The van der Waals surface area contributed by atoms with E-state index in [9.17, 15) is 4.39 Å². The number of nitrogen functional groups attached to an aromatic ring is 1. The molecule has 3 nitrogen and oxygen atoms in total. The molecule has 0 saturated carbocycles. The zero-order valence-electron chi connectivity index (χ0n) is 8.72. The third-order valence-corrected chi connectivity index (χ3v) is 2.75. The number of rotatable bonds is 2. The summed E-state index contributed by atoms with van der Waals surface area (Å²) in [7, 11) is 0. The molecule has 1 aromatic carbocycles. The molecule has 2 aromatic rings. The van der Waals surface area contributed by atoms with Crippen molar-refractivity contribution in [1.29, 1.82) is 0 Å². The Morgan fingerprint density at radius 3 is 2.88 bits per heavy atom. The number of aromatic amines is 1. The zero-order chi connectivity index (χ0) is 11.7. The van der Waals surface area contributed by atoms with E-state index >= 15 is 0 Å². The number of nitrogens with two attached hydrogens (primary N) is 1. The zero-order valence-corrected chi connectivity index (χ0v) is 9.48. The summed E-state index contributed by atoms with van der Waals surface area (Å²) < 4.78 is 13.0. The van der Waals surface area contributed by atoms with Crippen LogP contribution in [0, 0.1) is 5.82 Å². The molecular formula is C11H11ClFN3. The van der Waals surface area contributed by atoms with Crippen LogP contribution in [0.4, 0.5) is 10.2 Å². The molecule has 0 aliphatic rings. The number of aromatic nitrogens is 2. The quantitative estimate of drug-likeness (QED) is 0.847. The first kappa shape index (κ1) is 11.0. The second kappa shape index (κ2) is 4.14. The van der Waals surface area contributed by atoms with Gasteiger partial charge >= 0.3 is 0 Å². The molecule has 1 heterocycles. The minimum absolute atomic E-state index is 0.0905. The van der Waals surface area contributed by atoms with Gasteiger partial charge in [0.25, 0.3) is 0 Å². The van der Waals surface area contributed by atoms with E-state index in [0.717, 1.165) is 23.2 Å². The Labute approximate surface area is 97.4 Å². The van der Waals surface area contributed by atoms with Gasteiger partial charge in [0.15, 0.2) is 0 Å². The molecule has 3 N–H and O–H groups in total. The van der Waals surface area contributed by atoms with E-state index in [1.165, 1.54) is 6.07 Å². The molecule has 0 unspecified atom stereocenters. The summed E-state index contributed by atoms with van der Waals surface area (Å²) in [6.45, 7) is 1.98. The lowest BCUT2D eigenvalue weighted by molar-refractivity contribution is 0.628. The standard InChI is InChI=1S/C11H11ClFN3/c1-2-7-10(15-16-11(7)14)6-3-4-9(13)8(12)5-6/h3-5H,2H2,1H3,(H3,14,15,16). The van der Waals surface area contributed by atoms with Gasteiger partial charge in [0.05, 0.1) is 10.7 Å². The average molecular weight is 240 g/mol. The summed E-state index contributed by atoms with van der Waals surface area (Å²) >= 11 is 5.73. The topological polar surface area (TPSA) is 54.7 Å². The number of anilines is 1. The number of hydrogen-bond acceptors (Lipinski definition) is 2. The molecule has 0 radical (unpaired) electrons. The SMILES string of the molecule is CCc1c(N)n[nH]c1-c1ccc(F)c(Cl)c1. The molecule has 0 fully saturated rings. The summed E-state index contributed by atoms with van der Waals surface area (Å²) in [5.74, 6) is 0.0360. The van der Waals surface area contributed by atoms with Gasteiger partial charge in [-0.2, -0.15) is 5.10 Å². The van der Waals surface area contributed by atoms with Crippen molar-refractivity contribution in [2.75, 3.05) is 5.73 Å². The van der Waals surface area contributed by atoms with E-state index < -0.39 is 5.82 Å². The van der Waals surface area contributed by atoms with Gasteiger partial charge in [-0.05, 0) is 24.6 Å². The molecule has 0 amide bonds. The fraction of sp³-hybridized carbons (Fsp3) is 0.182. The maximum Gasteiger partial charge on any atom is 0.149 e. The van der Waals surface area contributed by atoms with Crippen LogP contribution in [-0.4, -0.2) is 10.2 Å². The van der Waals surface area contributed by atoms with Crippen LogP contribution < -0.4 is 5.73 Å². The van der Waals surface area contributed by atoms with E-state index in [1.807, 2.05) is 6.92 Å². The van der Waals surface area contributed by atoms with Crippen LogP contribution in [0.5, 0.6) is 0 Å². The molecule has 0 bridgehead atoms. The highest BCUT2D eigenvalue weighted by molar-refractivity contribution is 6.31. The van der Waals surface area contributed by atoms with Gasteiger partial charge in [-0.3, -0.25) is 5.10 Å². The first-order valence-electron chi connectivity index (χ1n) is 4.91. The van der Waals surface area contributed by atoms with Crippen molar-refractivity contribution in [2.24, 2.45) is 0 Å². The molecule has 16 heavy (non-hydrogen) atoms. The maximum absolute atomic E-state index is 13.0. The van der Waals surface area contributed by atoms with E-state index in [-0.39, 0.29) is 5.02 Å². The van der Waals surface area contributed by atoms with Crippen molar-refractivity contribution < 1.29 is 4.39 Å². The van der Waals surface area contributed by atoms with Crippen molar-refractivity contribution in [3.63, 3.8) is 0 Å². The Kier molecular flexibility index (Phi) is 2.83. The molecule has 0 aliphatic carbocycles. The fourth-order valence-corrected chi connectivity index (χ4v) is 1.81. The monoisotopic (exact) mass is 239 g/mol. The highest BCUT2D eigenvalue weighted by Crippen LogP contribution is 2.28. The third-order valence-electron chi connectivity index (χ3n) is 2.46. The molecule has 0 atom stereocenters. The van der Waals surface area contributed by atoms with Crippen molar-refractivity contribution in [1.82, 2.24) is 10.2 Å². The summed E-state index contributed by atoms with van der Waals surface area (Å²) in [5, 5.41) is 6.85. The summed E-state index contributed by atoms with van der Waals surface area (Å²) in [4.78, 5) is 0. The predicted molar refractivity (Wildman–Crippen MR) is 62.8 cm³/mol. The number of nitrogens with one attached hydrogen (secondary N) is 1. The van der Waals surface area contributed by atoms with Gasteiger partial charge < -0.3 is 5.73 Å². The number of benzene rings is 1. The Morgan fingerprint density at radius 2 is 2.25 bits per heavy atom. The first-order valence-corrected chi connectivity index (χ1v) is 5.29. The molecule has 0 aliphatic heterocycles. The predicted octanol–water partition coefficient (Wildman–Crippen LogP) is 3.01. The van der Waals surface area contributed by atoms with Gasteiger partial charge in [-0.1, -0.05) is 18.5 Å². The van der Waals surface area contributed by atoms with Gasteiger partial charge in [0, 0.05) is 11.1 Å². The van der Waals surface area contributed by atoms with Gasteiger partial charge in [-0.25, -0.2) is 4.39 Å². The van der Waals surface area contributed by atoms with Crippen LogP contribution in [-0.2, 0) is 6.42 Å². The number of nitrogens with zero attached hydrogens (tertiary/aromatic N) is 1. The van der Waals surface area contributed by atoms with Crippen LogP contribution in [0.2, 0.25) is 5.02 Å². The van der Waals surface area contributed by atoms with E-state index in [0.29, 0.717) is 5.82 Å². The van der Waals surface area contributed by atoms with Crippen LogP contribution in [0.3, 0.4) is 0 Å². The lowest BCUT2D eigenvalue weighted by atomic mass is 10.1. The minimum Gasteiger partial charge on any atom is -0.382 e. The lowest BCUT2D eigenvalue weighted by Crippen LogP contribution is -1.91. The summed E-state index contributed by atoms with van der Waals surface area (Å²) in [6, 6.07) is 4.53. The molecule has 1 aromatic heterocycles. The minimum atomic E-state index is -0.434. The van der Waals surface area contributed by atoms with Crippen molar-refractivity contribution in [2.45, 2.75) is 13.3 Å². The summed E-state index contributed by atoms with van der Waals surface area (Å²) in [6.07, 6.45) is 0.757. The number of H-pyrrole nitrogens is 1. The largest absolute Gasteiger partial charge is 0.382 e. The van der Waals surface area contributed by atoms with Crippen molar-refractivity contribution >= 4 is 17.4 Å². The summed E-state index contributed by atoms with van der Waals surface area (Å²) in [5.41, 5.74) is 8.21. The Morgan fingerprint density at radius 1 is 1.50 bits per heavy atom. The highest BCUT2D eigenvalue weighted by Gasteiger charge is 2.12. The average Bonchev–Trinajstić information content (AvgIpc) is 2.63. The Balaban J connectivity index is 2.54. The van der Waals surface area contributed by atoms with Crippen molar-refractivity contribution in [3.05, 3.63) is 34.6 Å². The molecule has 2 rings (SSSR count). The van der Waals surface area contributed by atoms with E-state index in [4.69, 9.17) is 17.3 Å². The third kappa shape index (κ3) is 1.76. The number of hydrogen-bond donors (Lipinski definition) is 2. The van der Waals surface area contributed by atoms with Crippen molar-refractivity contribution in [3.8, 4) is 11.3 Å². The second-order valence-electron chi connectivity index (χ2n) is 3.44. The number of halogens is 2.